The van der Waals surface area contributed by atoms with E-state index in [1.54, 1.807) is 6.07 Å². The number of benzene rings is 2. The van der Waals surface area contributed by atoms with Crippen molar-refractivity contribution >= 4 is 41.0 Å². The molecule has 0 bridgehead atoms. The molecule has 1 aliphatic rings. The Balaban J connectivity index is 1.37. The number of rotatable bonds is 10. The van der Waals surface area contributed by atoms with E-state index in [1.807, 2.05) is 53.4 Å². The highest BCUT2D eigenvalue weighted by Crippen LogP contribution is 2.25. The molecular formula is C30H36ClN5O2S. The number of halogens is 1. The lowest BCUT2D eigenvalue weighted by molar-refractivity contribution is -0.134. The quantitative estimate of drug-likeness (QED) is 0.201. The maximum Gasteiger partial charge on any atom is 0.230 e. The second-order valence-corrected chi connectivity index (χ2v) is 11.7. The minimum Gasteiger partial charge on any atom is -0.353 e. The van der Waals surface area contributed by atoms with Crippen molar-refractivity contribution in [1.82, 2.24) is 20.2 Å². The summed E-state index contributed by atoms with van der Waals surface area (Å²) in [4.78, 5) is 38.8. The number of carbonyl (C=O) groups is 2. The van der Waals surface area contributed by atoms with Gasteiger partial charge in [0.05, 0.1) is 11.8 Å². The third kappa shape index (κ3) is 8.44. The number of aromatic nitrogens is 2. The Bertz CT molecular complexity index is 1240. The predicted molar refractivity (Wildman–Crippen MR) is 158 cm³/mol. The van der Waals surface area contributed by atoms with Crippen LogP contribution < -0.4 is 10.2 Å². The molecule has 0 radical (unpaired) electrons. The zero-order valence-corrected chi connectivity index (χ0v) is 24.3. The van der Waals surface area contributed by atoms with Crippen LogP contribution in [0.3, 0.4) is 0 Å². The first-order valence-corrected chi connectivity index (χ1v) is 14.7. The van der Waals surface area contributed by atoms with Gasteiger partial charge in [0.25, 0.3) is 0 Å². The number of hydrogen-bond donors (Lipinski definition) is 1. The maximum atomic E-state index is 13.0. The number of thioether (sulfide) groups is 1. The van der Waals surface area contributed by atoms with Crippen molar-refractivity contribution in [3.8, 4) is 0 Å². The van der Waals surface area contributed by atoms with Gasteiger partial charge in [-0.2, -0.15) is 0 Å². The lowest BCUT2D eigenvalue weighted by Crippen LogP contribution is -2.54. The first-order chi connectivity index (χ1) is 18.8. The minimum atomic E-state index is -0.145. The number of anilines is 1. The number of amides is 2. The highest BCUT2D eigenvalue weighted by atomic mass is 35.5. The highest BCUT2D eigenvalue weighted by Gasteiger charge is 2.28. The number of piperazine rings is 1. The summed E-state index contributed by atoms with van der Waals surface area (Å²) in [7, 11) is 0. The molecule has 0 aliphatic carbocycles. The highest BCUT2D eigenvalue weighted by molar-refractivity contribution is 7.99. The third-order valence-corrected chi connectivity index (χ3v) is 7.71. The molecule has 3 aromatic rings. The molecular weight excluding hydrogens is 530 g/mol. The Kier molecular flexibility index (Phi) is 10.2. The fraction of sp³-hybridized carbons (Fsp3) is 0.400. The Morgan fingerprint density at radius 2 is 1.74 bits per heavy atom. The van der Waals surface area contributed by atoms with Crippen LogP contribution in [-0.4, -0.2) is 58.1 Å². The van der Waals surface area contributed by atoms with E-state index in [0.29, 0.717) is 54.5 Å². The van der Waals surface area contributed by atoms with Crippen LogP contribution in [0.15, 0.2) is 71.9 Å². The smallest absolute Gasteiger partial charge is 0.230 e. The van der Waals surface area contributed by atoms with Crippen molar-refractivity contribution in [2.24, 2.45) is 5.92 Å². The monoisotopic (exact) mass is 565 g/mol. The van der Waals surface area contributed by atoms with Gasteiger partial charge in [0.1, 0.15) is 11.0 Å². The second kappa shape index (κ2) is 13.8. The van der Waals surface area contributed by atoms with Crippen LogP contribution in [0.4, 0.5) is 5.82 Å². The molecule has 2 aromatic carbocycles. The van der Waals surface area contributed by atoms with Crippen LogP contribution in [0, 0.1) is 5.92 Å². The van der Waals surface area contributed by atoms with E-state index >= 15 is 0 Å². The average Bonchev–Trinajstić information content (AvgIpc) is 2.92. The van der Waals surface area contributed by atoms with E-state index in [4.69, 9.17) is 16.6 Å². The summed E-state index contributed by atoms with van der Waals surface area (Å²) in [5, 5.41) is 3.97. The summed E-state index contributed by atoms with van der Waals surface area (Å²) in [6.07, 6.45) is 1.26. The summed E-state index contributed by atoms with van der Waals surface area (Å²) in [6.45, 7) is 8.16. The molecule has 0 saturated carbocycles. The largest absolute Gasteiger partial charge is 0.353 e. The van der Waals surface area contributed by atoms with Crippen LogP contribution in [0.5, 0.6) is 0 Å². The molecule has 7 nitrogen and oxygen atoms in total. The molecule has 1 aliphatic heterocycles. The van der Waals surface area contributed by atoms with Gasteiger partial charge in [-0.1, -0.05) is 97.9 Å². The number of hydrogen-bond acceptors (Lipinski definition) is 6. The molecule has 4 rings (SSSR count). The van der Waals surface area contributed by atoms with Crippen LogP contribution in [0.2, 0.25) is 5.15 Å². The van der Waals surface area contributed by atoms with E-state index in [2.05, 4.69) is 48.1 Å². The number of carbonyl (C=O) groups excluding carboxylic acids is 2. The summed E-state index contributed by atoms with van der Waals surface area (Å²) in [6, 6.07) is 21.8. The fourth-order valence-electron chi connectivity index (χ4n) is 4.77. The molecule has 9 heteroatoms. The van der Waals surface area contributed by atoms with Gasteiger partial charge >= 0.3 is 0 Å². The molecule has 2 heterocycles. The summed E-state index contributed by atoms with van der Waals surface area (Å²) < 4.78 is 0. The van der Waals surface area contributed by atoms with Gasteiger partial charge in [-0.25, -0.2) is 9.97 Å². The van der Waals surface area contributed by atoms with Gasteiger partial charge in [-0.3, -0.25) is 9.59 Å². The molecule has 39 heavy (non-hydrogen) atoms. The Hall–Kier alpha value is -3.10. The summed E-state index contributed by atoms with van der Waals surface area (Å²) in [5.41, 5.74) is 2.21. The lowest BCUT2D eigenvalue weighted by atomic mass is 9.99. The Labute approximate surface area is 240 Å². The minimum absolute atomic E-state index is 0.0696. The second-order valence-electron chi connectivity index (χ2n) is 10.3. The van der Waals surface area contributed by atoms with Crippen molar-refractivity contribution in [3.05, 3.63) is 83.0 Å². The Morgan fingerprint density at radius 1 is 1.05 bits per heavy atom. The number of nitrogens with one attached hydrogen (secondary N) is 1. The van der Waals surface area contributed by atoms with Crippen LogP contribution >= 0.6 is 23.4 Å². The van der Waals surface area contributed by atoms with Crippen molar-refractivity contribution in [3.63, 3.8) is 0 Å². The predicted octanol–water partition coefficient (Wildman–Crippen LogP) is 5.41. The van der Waals surface area contributed by atoms with Crippen LogP contribution in [0.1, 0.15) is 44.4 Å². The van der Waals surface area contributed by atoms with Crippen LogP contribution in [-0.2, 0) is 16.0 Å². The van der Waals surface area contributed by atoms with E-state index in [-0.39, 0.29) is 29.7 Å². The van der Waals surface area contributed by atoms with E-state index in [9.17, 15) is 9.59 Å². The summed E-state index contributed by atoms with van der Waals surface area (Å²) in [5.74, 6) is 1.32. The maximum absolute atomic E-state index is 13.0. The molecule has 1 aromatic heterocycles. The van der Waals surface area contributed by atoms with E-state index in [0.717, 1.165) is 11.1 Å². The van der Waals surface area contributed by atoms with Gasteiger partial charge in [0, 0.05) is 38.2 Å². The van der Waals surface area contributed by atoms with Crippen LogP contribution in [0.25, 0.3) is 0 Å². The molecule has 2 atom stereocenters. The lowest BCUT2D eigenvalue weighted by Gasteiger charge is -2.40. The van der Waals surface area contributed by atoms with Crippen molar-refractivity contribution in [1.29, 1.82) is 0 Å². The molecule has 1 fully saturated rings. The molecule has 2 unspecified atom stereocenters. The van der Waals surface area contributed by atoms with E-state index in [1.165, 1.54) is 11.8 Å². The topological polar surface area (TPSA) is 78.4 Å². The first-order valence-electron chi connectivity index (χ1n) is 13.4. The zero-order chi connectivity index (χ0) is 27.8. The molecule has 1 N–H and O–H groups in total. The molecule has 206 valence electrons. The zero-order valence-electron chi connectivity index (χ0n) is 22.7. The fourth-order valence-corrected chi connectivity index (χ4v) is 5.66. The molecule has 2 amide bonds. The SMILES string of the molecule is CC(C)CC(=O)N1CCN(c2cc(Cl)nc(SCC(=O)NC(Cc3ccccc3)c3ccccc3)n2)CC1C. The van der Waals surface area contributed by atoms with Crippen molar-refractivity contribution in [2.75, 3.05) is 30.3 Å². The summed E-state index contributed by atoms with van der Waals surface area (Å²) >= 11 is 7.62. The standard InChI is InChI=1S/C30H36ClN5O2S/c1-21(2)16-29(38)36-15-14-35(19-22(36)3)27-18-26(31)33-30(34-27)39-20-28(37)32-25(24-12-8-5-9-13-24)17-23-10-6-4-7-11-23/h4-13,18,21-22,25H,14-17,19-20H2,1-3H3,(H,32,37). The Morgan fingerprint density at radius 3 is 2.41 bits per heavy atom. The van der Waals surface area contributed by atoms with Crippen molar-refractivity contribution in [2.45, 2.75) is 50.9 Å². The van der Waals surface area contributed by atoms with Gasteiger partial charge in [0.2, 0.25) is 11.8 Å². The van der Waals surface area contributed by atoms with Gasteiger partial charge < -0.3 is 15.1 Å². The van der Waals surface area contributed by atoms with Gasteiger partial charge in [-0.15, -0.1) is 0 Å². The van der Waals surface area contributed by atoms with Gasteiger partial charge in [0.15, 0.2) is 5.16 Å². The first kappa shape index (κ1) is 28.9. The number of nitrogens with zero attached hydrogens (tertiary/aromatic N) is 4. The molecule has 0 spiro atoms. The average molecular weight is 566 g/mol. The normalized spacial score (nSPS) is 16.3. The molecule has 1 saturated heterocycles. The van der Waals surface area contributed by atoms with Crippen molar-refractivity contribution < 1.29 is 9.59 Å². The third-order valence-electron chi connectivity index (χ3n) is 6.67. The van der Waals surface area contributed by atoms with Gasteiger partial charge in [-0.05, 0) is 30.4 Å². The van der Waals surface area contributed by atoms with E-state index < -0.39 is 0 Å².